The first-order chi connectivity index (χ1) is 8.18. The van der Waals surface area contributed by atoms with Crippen LogP contribution in [0.1, 0.15) is 29.6 Å². The van der Waals surface area contributed by atoms with Gasteiger partial charge in [0.05, 0.1) is 11.7 Å². The Bertz CT molecular complexity index is 411. The second-order valence-corrected chi connectivity index (χ2v) is 4.31. The zero-order chi connectivity index (χ0) is 12.3. The number of aliphatic hydroxyl groups is 1. The van der Waals surface area contributed by atoms with Crippen molar-refractivity contribution in [2.24, 2.45) is 5.92 Å². The van der Waals surface area contributed by atoms with E-state index in [1.165, 1.54) is 18.3 Å². The summed E-state index contributed by atoms with van der Waals surface area (Å²) in [7, 11) is 0. The van der Waals surface area contributed by atoms with Crippen molar-refractivity contribution >= 4 is 5.91 Å². The van der Waals surface area contributed by atoms with Gasteiger partial charge >= 0.3 is 0 Å². The molecule has 92 valence electrons. The molecule has 1 fully saturated rings. The third-order valence-corrected chi connectivity index (χ3v) is 3.15. The number of halogens is 1. The minimum Gasteiger partial charge on any atom is -0.393 e. The number of aliphatic hydroxyl groups excluding tert-OH is 1. The Hall–Kier alpha value is -1.49. The van der Waals surface area contributed by atoms with E-state index < -0.39 is 11.9 Å². The first-order valence-electron chi connectivity index (χ1n) is 5.75. The average Bonchev–Trinajstić information content (AvgIpc) is 2.72. The maximum Gasteiger partial charge on any atom is 0.255 e. The molecule has 2 rings (SSSR count). The van der Waals surface area contributed by atoms with Crippen LogP contribution in [-0.2, 0) is 0 Å². The highest BCUT2D eigenvalue weighted by molar-refractivity contribution is 5.94. The molecule has 2 atom stereocenters. The summed E-state index contributed by atoms with van der Waals surface area (Å²) in [5.41, 5.74) is -0.0556. The monoisotopic (exact) mass is 238 g/mol. The first kappa shape index (κ1) is 12.0. The third kappa shape index (κ3) is 2.79. The van der Waals surface area contributed by atoms with Gasteiger partial charge in [-0.05, 0) is 25.0 Å². The number of hydrogen-bond donors (Lipinski definition) is 2. The van der Waals surface area contributed by atoms with E-state index in [2.05, 4.69) is 10.3 Å². The fourth-order valence-electron chi connectivity index (χ4n) is 2.13. The molecule has 4 nitrogen and oxygen atoms in total. The Balaban J connectivity index is 1.91. The lowest BCUT2D eigenvalue weighted by atomic mass is 10.1. The zero-order valence-electron chi connectivity index (χ0n) is 9.40. The number of aromatic nitrogens is 1. The van der Waals surface area contributed by atoms with Gasteiger partial charge in [0, 0.05) is 18.7 Å². The molecule has 17 heavy (non-hydrogen) atoms. The molecule has 1 aliphatic carbocycles. The van der Waals surface area contributed by atoms with E-state index in [1.807, 2.05) is 0 Å². The smallest absolute Gasteiger partial charge is 0.255 e. The van der Waals surface area contributed by atoms with E-state index in [4.69, 9.17) is 0 Å². The summed E-state index contributed by atoms with van der Waals surface area (Å²) < 4.78 is 13.2. The van der Waals surface area contributed by atoms with Crippen molar-refractivity contribution in [3.63, 3.8) is 0 Å². The molecule has 1 heterocycles. The molecule has 0 aliphatic heterocycles. The van der Waals surface area contributed by atoms with Crippen molar-refractivity contribution < 1.29 is 14.3 Å². The first-order valence-corrected chi connectivity index (χ1v) is 5.75. The van der Waals surface area contributed by atoms with Gasteiger partial charge in [0.2, 0.25) is 5.95 Å². The zero-order valence-corrected chi connectivity index (χ0v) is 9.40. The molecule has 0 radical (unpaired) electrons. The van der Waals surface area contributed by atoms with Crippen LogP contribution in [0.2, 0.25) is 0 Å². The van der Waals surface area contributed by atoms with Crippen LogP contribution in [0, 0.1) is 11.9 Å². The minimum absolute atomic E-state index is 0.0556. The van der Waals surface area contributed by atoms with Crippen LogP contribution in [0.15, 0.2) is 18.3 Å². The van der Waals surface area contributed by atoms with Gasteiger partial charge in [0.1, 0.15) is 0 Å². The maximum absolute atomic E-state index is 13.2. The van der Waals surface area contributed by atoms with Gasteiger partial charge in [-0.15, -0.1) is 0 Å². The van der Waals surface area contributed by atoms with Crippen molar-refractivity contribution in [3.8, 4) is 0 Å². The van der Waals surface area contributed by atoms with E-state index in [1.54, 1.807) is 0 Å². The quantitative estimate of drug-likeness (QED) is 0.775. The van der Waals surface area contributed by atoms with E-state index in [9.17, 15) is 14.3 Å². The Morgan fingerprint density at radius 3 is 3.06 bits per heavy atom. The summed E-state index contributed by atoms with van der Waals surface area (Å²) in [5.74, 6) is -1.16. The molecule has 0 spiro atoms. The third-order valence-electron chi connectivity index (χ3n) is 3.15. The highest BCUT2D eigenvalue weighted by atomic mass is 19.1. The number of nitrogens with one attached hydrogen (secondary N) is 1. The van der Waals surface area contributed by atoms with Gasteiger partial charge in [-0.25, -0.2) is 4.98 Å². The lowest BCUT2D eigenvalue weighted by Gasteiger charge is -2.14. The van der Waals surface area contributed by atoms with E-state index in [-0.39, 0.29) is 17.6 Å². The fraction of sp³-hybridized carbons (Fsp3) is 0.500. The van der Waals surface area contributed by atoms with Crippen molar-refractivity contribution in [2.45, 2.75) is 25.4 Å². The highest BCUT2D eigenvalue weighted by Crippen LogP contribution is 2.24. The highest BCUT2D eigenvalue weighted by Gasteiger charge is 2.25. The Morgan fingerprint density at radius 1 is 1.59 bits per heavy atom. The molecule has 5 heteroatoms. The molecule has 1 saturated carbocycles. The second kappa shape index (κ2) is 5.23. The SMILES string of the molecule is O=C(NCC1CCCC1O)c1cccnc1F. The van der Waals surface area contributed by atoms with Gasteiger partial charge < -0.3 is 10.4 Å². The molecular formula is C12H15FN2O2. The van der Waals surface area contributed by atoms with Crippen LogP contribution >= 0.6 is 0 Å². The van der Waals surface area contributed by atoms with Crippen LogP contribution in [0.5, 0.6) is 0 Å². The van der Waals surface area contributed by atoms with Gasteiger partial charge in [-0.3, -0.25) is 4.79 Å². The predicted molar refractivity (Wildman–Crippen MR) is 59.9 cm³/mol. The lowest BCUT2D eigenvalue weighted by Crippen LogP contribution is -2.33. The number of carbonyl (C=O) groups is 1. The number of rotatable bonds is 3. The van der Waals surface area contributed by atoms with Crippen LogP contribution in [0.4, 0.5) is 4.39 Å². The molecule has 0 aromatic carbocycles. The van der Waals surface area contributed by atoms with Crippen LogP contribution in [0.3, 0.4) is 0 Å². The number of hydrogen-bond acceptors (Lipinski definition) is 3. The molecular weight excluding hydrogens is 223 g/mol. The summed E-state index contributed by atoms with van der Waals surface area (Å²) in [6.07, 6.45) is 3.60. The lowest BCUT2D eigenvalue weighted by molar-refractivity contribution is 0.0912. The van der Waals surface area contributed by atoms with Gasteiger partial charge in [0.25, 0.3) is 5.91 Å². The summed E-state index contributed by atoms with van der Waals surface area (Å²) in [4.78, 5) is 15.1. The molecule has 1 aromatic heterocycles. The van der Waals surface area contributed by atoms with E-state index in [0.29, 0.717) is 6.54 Å². The minimum atomic E-state index is -0.767. The summed E-state index contributed by atoms with van der Waals surface area (Å²) >= 11 is 0. The Kier molecular flexibility index (Phi) is 3.68. The van der Waals surface area contributed by atoms with Crippen molar-refractivity contribution in [2.75, 3.05) is 6.54 Å². The molecule has 2 unspecified atom stereocenters. The number of pyridine rings is 1. The van der Waals surface area contributed by atoms with Crippen LogP contribution in [-0.4, -0.2) is 28.6 Å². The average molecular weight is 238 g/mol. The number of nitrogens with zero attached hydrogens (tertiary/aromatic N) is 1. The van der Waals surface area contributed by atoms with E-state index in [0.717, 1.165) is 19.3 Å². The summed E-state index contributed by atoms with van der Waals surface area (Å²) in [6, 6.07) is 2.91. The van der Waals surface area contributed by atoms with Crippen LogP contribution in [0.25, 0.3) is 0 Å². The van der Waals surface area contributed by atoms with Crippen molar-refractivity contribution in [1.82, 2.24) is 10.3 Å². The summed E-state index contributed by atoms with van der Waals surface area (Å²) in [6.45, 7) is 0.383. The second-order valence-electron chi connectivity index (χ2n) is 4.31. The molecule has 1 amide bonds. The molecule has 0 bridgehead atoms. The molecule has 1 aromatic rings. The normalized spacial score (nSPS) is 23.6. The maximum atomic E-state index is 13.2. The predicted octanol–water partition coefficient (Wildman–Crippen LogP) is 1.11. The van der Waals surface area contributed by atoms with E-state index >= 15 is 0 Å². The Morgan fingerprint density at radius 2 is 2.41 bits per heavy atom. The van der Waals surface area contributed by atoms with Gasteiger partial charge in [-0.2, -0.15) is 4.39 Å². The van der Waals surface area contributed by atoms with Crippen molar-refractivity contribution in [3.05, 3.63) is 29.8 Å². The fourth-order valence-corrected chi connectivity index (χ4v) is 2.13. The number of amides is 1. The summed E-state index contributed by atoms with van der Waals surface area (Å²) in [5, 5.41) is 12.2. The van der Waals surface area contributed by atoms with Crippen LogP contribution < -0.4 is 5.32 Å². The van der Waals surface area contributed by atoms with Gasteiger partial charge in [0.15, 0.2) is 0 Å². The number of carbonyl (C=O) groups excluding carboxylic acids is 1. The standard InChI is InChI=1S/C12H15FN2O2/c13-11-9(4-2-6-14-11)12(17)15-7-8-3-1-5-10(8)16/h2,4,6,8,10,16H,1,3,5,7H2,(H,15,17). The topological polar surface area (TPSA) is 62.2 Å². The molecule has 2 N–H and O–H groups in total. The molecule has 0 saturated heterocycles. The molecule has 1 aliphatic rings. The largest absolute Gasteiger partial charge is 0.393 e. The Labute approximate surface area is 98.9 Å². The van der Waals surface area contributed by atoms with Gasteiger partial charge in [-0.1, -0.05) is 6.42 Å². The van der Waals surface area contributed by atoms with Crippen molar-refractivity contribution in [1.29, 1.82) is 0 Å².